The van der Waals surface area contributed by atoms with Crippen LogP contribution in [0.1, 0.15) is 21.9 Å². The van der Waals surface area contributed by atoms with E-state index in [1.54, 1.807) is 19.1 Å². The van der Waals surface area contributed by atoms with Crippen molar-refractivity contribution in [2.75, 3.05) is 0 Å². The van der Waals surface area contributed by atoms with Crippen LogP contribution in [0.5, 0.6) is 5.75 Å². The third kappa shape index (κ3) is 3.40. The topological polar surface area (TPSA) is 92.7 Å². The van der Waals surface area contributed by atoms with Crippen LogP contribution in [0.2, 0.25) is 0 Å². The van der Waals surface area contributed by atoms with E-state index in [0.29, 0.717) is 22.7 Å². The molecule has 0 aliphatic rings. The molecule has 0 atom stereocenters. The predicted molar refractivity (Wildman–Crippen MR) is 100 cm³/mol. The number of carboxylic acid groups (broad SMARTS) is 1. The fraction of sp³-hybridized carbons (Fsp3) is 0.0909. The Bertz CT molecular complexity index is 1220. The Labute approximate surface area is 159 Å². The van der Waals surface area contributed by atoms with Crippen molar-refractivity contribution in [2.24, 2.45) is 0 Å². The van der Waals surface area contributed by atoms with Crippen LogP contribution >= 0.6 is 0 Å². The summed E-state index contributed by atoms with van der Waals surface area (Å²) in [5, 5.41) is 11.7. The average Bonchev–Trinajstić information content (AvgIpc) is 3.07. The molecule has 0 fully saturated rings. The summed E-state index contributed by atoms with van der Waals surface area (Å²) in [5.74, 6) is -0.697. The minimum absolute atomic E-state index is 0.108. The molecule has 140 valence electrons. The second-order valence-corrected chi connectivity index (χ2v) is 6.27. The lowest BCUT2D eigenvalue weighted by Crippen LogP contribution is -2.21. The molecule has 0 aliphatic carbocycles. The van der Waals surface area contributed by atoms with Gasteiger partial charge in [-0.15, -0.1) is 0 Å². The van der Waals surface area contributed by atoms with E-state index in [2.05, 4.69) is 0 Å². The Morgan fingerprint density at radius 3 is 2.54 bits per heavy atom. The fourth-order valence-electron chi connectivity index (χ4n) is 3.01. The number of fused-ring (bicyclic) bond motifs is 1. The summed E-state index contributed by atoms with van der Waals surface area (Å²) < 4.78 is 16.2. The van der Waals surface area contributed by atoms with Crippen LogP contribution in [-0.4, -0.2) is 5.97 Å². The molecular formula is C22H15O6-. The molecule has 0 spiro atoms. The summed E-state index contributed by atoms with van der Waals surface area (Å²) in [6, 6.07) is 17.6. The molecule has 0 radical (unpaired) electrons. The van der Waals surface area contributed by atoms with Crippen LogP contribution < -0.4 is 15.5 Å². The van der Waals surface area contributed by atoms with Gasteiger partial charge in [-0.05, 0) is 36.2 Å². The van der Waals surface area contributed by atoms with E-state index < -0.39 is 11.6 Å². The summed E-state index contributed by atoms with van der Waals surface area (Å²) in [5.41, 5.74) is 2.25. The molecule has 0 bridgehead atoms. The smallest absolute Gasteiger partial charge is 0.336 e. The number of hydrogen-bond donors (Lipinski definition) is 0. The quantitative estimate of drug-likeness (QED) is 0.497. The molecule has 0 saturated carbocycles. The number of hydrogen-bond acceptors (Lipinski definition) is 6. The third-order valence-electron chi connectivity index (χ3n) is 4.42. The van der Waals surface area contributed by atoms with Crippen molar-refractivity contribution in [3.8, 4) is 16.9 Å². The summed E-state index contributed by atoms with van der Waals surface area (Å²) in [4.78, 5) is 22.9. The van der Waals surface area contributed by atoms with Crippen LogP contribution in [0.15, 0.2) is 74.3 Å². The number of aromatic carboxylic acids is 1. The summed E-state index contributed by atoms with van der Waals surface area (Å²) in [6.45, 7) is 1.76. The standard InChI is InChI=1S/C22H16O6/c1-13-15(9-20(27-13)22(24)25)12-26-16-7-8-17-18(14-5-3-2-4-6-14)11-21(23)28-19(17)10-16/h2-11H,12H2,1H3,(H,24,25)/p-1. The first-order valence-electron chi connectivity index (χ1n) is 8.58. The SMILES string of the molecule is Cc1oc(C(=O)[O-])cc1COc1ccc2c(-c3ccccc3)cc(=O)oc2c1. The molecular weight excluding hydrogens is 360 g/mol. The highest BCUT2D eigenvalue weighted by Gasteiger charge is 2.11. The minimum Gasteiger partial charge on any atom is -0.542 e. The van der Waals surface area contributed by atoms with Crippen molar-refractivity contribution in [1.82, 2.24) is 0 Å². The van der Waals surface area contributed by atoms with Gasteiger partial charge in [0.15, 0.2) is 0 Å². The van der Waals surface area contributed by atoms with Crippen LogP contribution in [0, 0.1) is 6.92 Å². The fourth-order valence-corrected chi connectivity index (χ4v) is 3.01. The zero-order chi connectivity index (χ0) is 19.7. The number of benzene rings is 2. The zero-order valence-corrected chi connectivity index (χ0v) is 14.9. The Hall–Kier alpha value is -3.80. The van der Waals surface area contributed by atoms with Gasteiger partial charge in [0.2, 0.25) is 0 Å². The summed E-state index contributed by atoms with van der Waals surface area (Å²) >= 11 is 0. The normalized spacial score (nSPS) is 10.9. The molecule has 2 aromatic heterocycles. The van der Waals surface area contributed by atoms with E-state index in [0.717, 1.165) is 16.5 Å². The zero-order valence-electron chi connectivity index (χ0n) is 14.9. The minimum atomic E-state index is -1.38. The molecule has 4 rings (SSSR count). The first-order chi connectivity index (χ1) is 13.5. The van der Waals surface area contributed by atoms with E-state index in [1.165, 1.54) is 12.1 Å². The molecule has 0 amide bonds. The van der Waals surface area contributed by atoms with E-state index in [1.807, 2.05) is 36.4 Å². The number of carbonyl (C=O) groups excluding carboxylic acids is 1. The molecule has 0 N–H and O–H groups in total. The first-order valence-corrected chi connectivity index (χ1v) is 8.58. The molecule has 2 aromatic carbocycles. The van der Waals surface area contributed by atoms with Gasteiger partial charge in [0, 0.05) is 23.1 Å². The van der Waals surface area contributed by atoms with Crippen molar-refractivity contribution < 1.29 is 23.5 Å². The number of aryl methyl sites for hydroxylation is 1. The van der Waals surface area contributed by atoms with Crippen LogP contribution in [0.3, 0.4) is 0 Å². The highest BCUT2D eigenvalue weighted by molar-refractivity contribution is 5.93. The highest BCUT2D eigenvalue weighted by Crippen LogP contribution is 2.30. The summed E-state index contributed by atoms with van der Waals surface area (Å²) in [6.07, 6.45) is 0. The molecule has 2 heterocycles. The van der Waals surface area contributed by atoms with E-state index in [9.17, 15) is 14.7 Å². The van der Waals surface area contributed by atoms with Crippen LogP contribution in [0.4, 0.5) is 0 Å². The lowest BCUT2D eigenvalue weighted by molar-refractivity contribution is -0.257. The van der Waals surface area contributed by atoms with Crippen molar-refractivity contribution >= 4 is 16.9 Å². The Kier molecular flexibility index (Phi) is 4.45. The molecule has 6 nitrogen and oxygen atoms in total. The number of ether oxygens (including phenoxy) is 1. The second-order valence-electron chi connectivity index (χ2n) is 6.27. The highest BCUT2D eigenvalue weighted by atomic mass is 16.5. The van der Waals surface area contributed by atoms with Crippen LogP contribution in [0.25, 0.3) is 22.1 Å². The predicted octanol–water partition coefficient (Wildman–Crippen LogP) is 3.30. The monoisotopic (exact) mass is 375 g/mol. The molecule has 28 heavy (non-hydrogen) atoms. The lowest BCUT2D eigenvalue weighted by atomic mass is 10.0. The molecule has 0 aliphatic heterocycles. The van der Waals surface area contributed by atoms with Crippen molar-refractivity contribution in [2.45, 2.75) is 13.5 Å². The first kappa shape index (κ1) is 17.6. The number of furan rings is 1. The van der Waals surface area contributed by atoms with Gasteiger partial charge in [-0.3, -0.25) is 0 Å². The van der Waals surface area contributed by atoms with Gasteiger partial charge in [0.25, 0.3) is 0 Å². The Morgan fingerprint density at radius 2 is 1.82 bits per heavy atom. The molecule has 0 saturated heterocycles. The Balaban J connectivity index is 1.65. The maximum absolute atomic E-state index is 12.0. The van der Waals surface area contributed by atoms with Crippen LogP contribution in [-0.2, 0) is 6.61 Å². The molecule has 0 unspecified atom stereocenters. The number of carbonyl (C=O) groups is 1. The van der Waals surface area contributed by atoms with Gasteiger partial charge >= 0.3 is 5.63 Å². The Morgan fingerprint density at radius 1 is 1.04 bits per heavy atom. The van der Waals surface area contributed by atoms with E-state index in [4.69, 9.17) is 13.6 Å². The largest absolute Gasteiger partial charge is 0.542 e. The van der Waals surface area contributed by atoms with Gasteiger partial charge in [-0.2, -0.15) is 0 Å². The number of rotatable bonds is 5. The van der Waals surface area contributed by atoms with Gasteiger partial charge in [-0.1, -0.05) is 30.3 Å². The van der Waals surface area contributed by atoms with Crippen molar-refractivity contribution in [3.63, 3.8) is 0 Å². The number of carboxylic acids is 1. The lowest BCUT2D eigenvalue weighted by Gasteiger charge is -2.09. The average molecular weight is 375 g/mol. The van der Waals surface area contributed by atoms with Gasteiger partial charge in [0.1, 0.15) is 35.4 Å². The molecule has 4 aromatic rings. The van der Waals surface area contributed by atoms with E-state index in [-0.39, 0.29) is 12.4 Å². The van der Waals surface area contributed by atoms with Gasteiger partial charge < -0.3 is 23.5 Å². The third-order valence-corrected chi connectivity index (χ3v) is 4.42. The second kappa shape index (κ2) is 7.08. The van der Waals surface area contributed by atoms with Crippen molar-refractivity contribution in [3.05, 3.63) is 88.2 Å². The maximum Gasteiger partial charge on any atom is 0.336 e. The summed E-state index contributed by atoms with van der Waals surface area (Å²) in [7, 11) is 0. The van der Waals surface area contributed by atoms with Gasteiger partial charge in [0.05, 0.1) is 0 Å². The molecule has 6 heteroatoms. The van der Waals surface area contributed by atoms with Gasteiger partial charge in [-0.25, -0.2) is 4.79 Å². The van der Waals surface area contributed by atoms with Crippen molar-refractivity contribution in [1.29, 1.82) is 0 Å². The maximum atomic E-state index is 12.0. The van der Waals surface area contributed by atoms with E-state index >= 15 is 0 Å².